The average molecular weight is 481 g/mol. The first-order chi connectivity index (χ1) is 17.4. The molecule has 2 heterocycles. The fraction of sp³-hybridized carbons (Fsp3) is 0.406. The number of nitrogens with zero attached hydrogens (tertiary/aromatic N) is 1. The second-order valence-corrected chi connectivity index (χ2v) is 11.2. The van der Waals surface area contributed by atoms with Gasteiger partial charge in [-0.1, -0.05) is 68.0 Å². The van der Waals surface area contributed by atoms with E-state index in [1.54, 1.807) is 0 Å². The Morgan fingerprint density at radius 3 is 2.53 bits per heavy atom. The molecule has 0 fully saturated rings. The van der Waals surface area contributed by atoms with Crippen LogP contribution >= 0.6 is 0 Å². The summed E-state index contributed by atoms with van der Waals surface area (Å²) in [6.07, 6.45) is 8.12. The molecule has 36 heavy (non-hydrogen) atoms. The van der Waals surface area contributed by atoms with Gasteiger partial charge in [-0.25, -0.2) is 4.99 Å². The van der Waals surface area contributed by atoms with Crippen molar-refractivity contribution in [3.63, 3.8) is 0 Å². The van der Waals surface area contributed by atoms with E-state index in [9.17, 15) is 0 Å². The van der Waals surface area contributed by atoms with Crippen molar-refractivity contribution in [1.82, 2.24) is 15.6 Å². The SMILES string of the molecule is CNCCC1=c2ccccc2=N/C1=C\[C@@H]1[C@@H](c2[nH]c3ccccc3c2CCNC)C=C(C)CC1(C)C. The maximum absolute atomic E-state index is 5.16. The van der Waals surface area contributed by atoms with Crippen molar-refractivity contribution in [2.24, 2.45) is 16.3 Å². The Bertz CT molecular complexity index is 1440. The number of allylic oxidation sites excluding steroid dienone is 4. The van der Waals surface area contributed by atoms with Gasteiger partial charge in [0, 0.05) is 27.7 Å². The highest BCUT2D eigenvalue weighted by atomic mass is 14.8. The lowest BCUT2D eigenvalue weighted by Crippen LogP contribution is -2.32. The molecule has 1 aliphatic heterocycles. The zero-order valence-corrected chi connectivity index (χ0v) is 22.4. The third kappa shape index (κ3) is 4.60. The van der Waals surface area contributed by atoms with Crippen LogP contribution in [-0.2, 0) is 6.42 Å². The lowest BCUT2D eigenvalue weighted by Gasteiger charge is -2.42. The Morgan fingerprint density at radius 2 is 1.72 bits per heavy atom. The predicted molar refractivity (Wildman–Crippen MR) is 152 cm³/mol. The van der Waals surface area contributed by atoms with Crippen LogP contribution in [0.5, 0.6) is 0 Å². The minimum absolute atomic E-state index is 0.118. The Labute approximate surface area is 215 Å². The van der Waals surface area contributed by atoms with E-state index < -0.39 is 0 Å². The second kappa shape index (κ2) is 10.2. The highest BCUT2D eigenvalue weighted by Gasteiger charge is 2.40. The molecule has 2 aliphatic rings. The van der Waals surface area contributed by atoms with E-state index in [1.807, 2.05) is 14.1 Å². The van der Waals surface area contributed by atoms with Crippen molar-refractivity contribution in [3.05, 3.63) is 93.8 Å². The quantitative estimate of drug-likeness (QED) is 0.398. The molecule has 5 rings (SSSR count). The number of aromatic nitrogens is 1. The minimum atomic E-state index is 0.118. The summed E-state index contributed by atoms with van der Waals surface area (Å²) in [5.41, 5.74) is 8.17. The number of likely N-dealkylation sites (N-methyl/N-ethyl adjacent to an activating group) is 1. The minimum Gasteiger partial charge on any atom is -0.358 e. The number of hydrogen-bond acceptors (Lipinski definition) is 3. The predicted octanol–water partition coefficient (Wildman–Crippen LogP) is 4.98. The Morgan fingerprint density at radius 1 is 1.00 bits per heavy atom. The topological polar surface area (TPSA) is 52.2 Å². The first-order valence-corrected chi connectivity index (χ1v) is 13.4. The zero-order valence-electron chi connectivity index (χ0n) is 22.4. The van der Waals surface area contributed by atoms with Crippen LogP contribution in [0.4, 0.5) is 0 Å². The third-order valence-corrected chi connectivity index (χ3v) is 8.03. The van der Waals surface area contributed by atoms with Crippen LogP contribution in [0.2, 0.25) is 0 Å². The second-order valence-electron chi connectivity index (χ2n) is 11.2. The summed E-state index contributed by atoms with van der Waals surface area (Å²) >= 11 is 0. The van der Waals surface area contributed by atoms with E-state index >= 15 is 0 Å². The maximum atomic E-state index is 5.16. The van der Waals surface area contributed by atoms with E-state index in [0.29, 0.717) is 5.92 Å². The molecular weight excluding hydrogens is 440 g/mol. The van der Waals surface area contributed by atoms with Gasteiger partial charge in [0.15, 0.2) is 0 Å². The molecule has 0 saturated carbocycles. The molecule has 2 aromatic carbocycles. The molecule has 0 bridgehead atoms. The Balaban J connectivity index is 1.67. The number of H-pyrrole nitrogens is 1. The van der Waals surface area contributed by atoms with Crippen molar-refractivity contribution >= 4 is 16.5 Å². The van der Waals surface area contributed by atoms with Gasteiger partial charge in [-0.15, -0.1) is 0 Å². The number of hydrogen-bond donors (Lipinski definition) is 3. The summed E-state index contributed by atoms with van der Waals surface area (Å²) in [5.74, 6) is 0.616. The van der Waals surface area contributed by atoms with Crippen LogP contribution in [0, 0.1) is 11.3 Å². The van der Waals surface area contributed by atoms with E-state index in [-0.39, 0.29) is 11.3 Å². The Kier molecular flexibility index (Phi) is 7.00. The number of rotatable bonds is 8. The summed E-state index contributed by atoms with van der Waals surface area (Å²) in [4.78, 5) is 9.03. The molecule has 4 nitrogen and oxygen atoms in total. The van der Waals surface area contributed by atoms with Gasteiger partial charge < -0.3 is 15.6 Å². The summed E-state index contributed by atoms with van der Waals surface area (Å²) in [5, 5.41) is 10.4. The number of nitrogens with one attached hydrogen (secondary N) is 3. The van der Waals surface area contributed by atoms with Gasteiger partial charge in [-0.3, -0.25) is 0 Å². The van der Waals surface area contributed by atoms with Crippen molar-refractivity contribution in [2.75, 3.05) is 27.2 Å². The molecule has 0 spiro atoms. The molecular formula is C32H40N4. The molecule has 188 valence electrons. The Hall–Kier alpha value is -2.95. The van der Waals surface area contributed by atoms with E-state index in [4.69, 9.17) is 4.99 Å². The summed E-state index contributed by atoms with van der Waals surface area (Å²) in [7, 11) is 4.07. The highest BCUT2D eigenvalue weighted by molar-refractivity contribution is 5.85. The number of benzene rings is 2. The first kappa shape index (κ1) is 24.7. The lowest BCUT2D eigenvalue weighted by atomic mass is 9.63. The van der Waals surface area contributed by atoms with E-state index in [2.05, 4.69) is 97.1 Å². The van der Waals surface area contributed by atoms with Gasteiger partial charge in [-0.05, 0) is 88.0 Å². The molecule has 4 heteroatoms. The van der Waals surface area contributed by atoms with Crippen LogP contribution in [-0.4, -0.2) is 32.2 Å². The van der Waals surface area contributed by atoms with Gasteiger partial charge >= 0.3 is 0 Å². The first-order valence-electron chi connectivity index (χ1n) is 13.4. The molecule has 3 N–H and O–H groups in total. The molecule has 0 amide bonds. The molecule has 1 aliphatic carbocycles. The van der Waals surface area contributed by atoms with Gasteiger partial charge in [0.2, 0.25) is 0 Å². The maximum Gasteiger partial charge on any atom is 0.0712 e. The molecule has 3 aromatic rings. The number of para-hydroxylation sites is 2. The van der Waals surface area contributed by atoms with Crippen molar-refractivity contribution in [2.45, 2.75) is 46.0 Å². The summed E-state index contributed by atoms with van der Waals surface area (Å²) in [6.45, 7) is 9.08. The van der Waals surface area contributed by atoms with Crippen LogP contribution in [0.1, 0.15) is 50.8 Å². The van der Waals surface area contributed by atoms with Gasteiger partial charge in [0.1, 0.15) is 0 Å². The monoisotopic (exact) mass is 480 g/mol. The van der Waals surface area contributed by atoms with Crippen LogP contribution in [0.3, 0.4) is 0 Å². The lowest BCUT2D eigenvalue weighted by molar-refractivity contribution is 0.221. The van der Waals surface area contributed by atoms with Gasteiger partial charge in [0.25, 0.3) is 0 Å². The van der Waals surface area contributed by atoms with Crippen LogP contribution in [0.25, 0.3) is 16.5 Å². The average Bonchev–Trinajstić information content (AvgIpc) is 3.40. The van der Waals surface area contributed by atoms with Crippen LogP contribution in [0.15, 0.2) is 76.9 Å². The molecule has 0 radical (unpaired) electrons. The molecule has 0 saturated heterocycles. The van der Waals surface area contributed by atoms with E-state index in [0.717, 1.165) is 43.4 Å². The fourth-order valence-electron chi connectivity index (χ4n) is 6.39. The summed E-state index contributed by atoms with van der Waals surface area (Å²) in [6, 6.07) is 17.4. The third-order valence-electron chi connectivity index (χ3n) is 8.03. The fourth-order valence-corrected chi connectivity index (χ4v) is 6.39. The molecule has 1 aromatic heterocycles. The van der Waals surface area contributed by atoms with E-state index in [1.165, 1.54) is 38.5 Å². The van der Waals surface area contributed by atoms with Crippen LogP contribution < -0.4 is 21.2 Å². The molecule has 2 atom stereocenters. The number of aromatic amines is 1. The van der Waals surface area contributed by atoms with Gasteiger partial charge in [-0.2, -0.15) is 0 Å². The normalized spacial score (nSPS) is 22.1. The van der Waals surface area contributed by atoms with Crippen molar-refractivity contribution < 1.29 is 0 Å². The molecule has 0 unspecified atom stereocenters. The zero-order chi connectivity index (χ0) is 25.3. The van der Waals surface area contributed by atoms with Crippen molar-refractivity contribution in [3.8, 4) is 0 Å². The standard InChI is InChI=1S/C32H40N4/c1-21-18-26(31-25(15-17-34-5)23-11-7-9-13-29(23)36-31)27(32(2,3)20-21)19-30-24(14-16-33-4)22-10-6-8-12-28(22)35-30/h6-13,18-19,26-27,33-34,36H,14-17,20H2,1-5H3/b30-19-/t26-,27+/m0/s1. The van der Waals surface area contributed by atoms with Crippen molar-refractivity contribution in [1.29, 1.82) is 0 Å². The highest BCUT2D eigenvalue weighted by Crippen LogP contribution is 2.50. The smallest absolute Gasteiger partial charge is 0.0712 e. The number of fused-ring (bicyclic) bond motifs is 2. The summed E-state index contributed by atoms with van der Waals surface area (Å²) < 4.78 is 0. The van der Waals surface area contributed by atoms with Gasteiger partial charge in [0.05, 0.1) is 11.1 Å². The largest absolute Gasteiger partial charge is 0.358 e.